The van der Waals surface area contributed by atoms with Gasteiger partial charge in [-0.15, -0.1) is 11.8 Å². The average molecular weight is 334 g/mol. The molecule has 1 aromatic rings. The number of hydrogen-bond donors (Lipinski definition) is 1. The minimum atomic E-state index is -1.06. The van der Waals surface area contributed by atoms with Crippen LogP contribution in [-0.2, 0) is 14.3 Å². The third-order valence-corrected chi connectivity index (χ3v) is 5.72. The number of esters is 1. The monoisotopic (exact) mass is 334 g/mol. The lowest BCUT2D eigenvalue weighted by atomic mass is 9.76. The highest BCUT2D eigenvalue weighted by molar-refractivity contribution is 8.01. The summed E-state index contributed by atoms with van der Waals surface area (Å²) in [4.78, 5) is 30.6. The molecule has 23 heavy (non-hydrogen) atoms. The second kappa shape index (κ2) is 7.17. The van der Waals surface area contributed by atoms with Gasteiger partial charge >= 0.3 is 5.97 Å². The molecule has 0 radical (unpaired) electrons. The molecule has 1 aromatic carbocycles. The van der Waals surface area contributed by atoms with E-state index in [1.807, 2.05) is 31.2 Å². The molecule has 1 heterocycles. The zero-order chi connectivity index (χ0) is 17.0. The molecule has 6 heteroatoms. The zero-order valence-corrected chi connectivity index (χ0v) is 14.7. The number of thioether (sulfide) groups is 1. The van der Waals surface area contributed by atoms with Crippen molar-refractivity contribution >= 4 is 35.0 Å². The molecule has 124 valence electrons. The Morgan fingerprint density at radius 3 is 2.70 bits per heavy atom. The van der Waals surface area contributed by atoms with Crippen molar-refractivity contribution in [1.82, 2.24) is 0 Å². The first-order chi connectivity index (χ1) is 11.0. The number of nitrogens with one attached hydrogen (secondary N) is 1. The second-order valence-corrected chi connectivity index (χ2v) is 6.48. The van der Waals surface area contributed by atoms with E-state index in [0.29, 0.717) is 12.1 Å². The molecule has 0 bridgehead atoms. The Morgan fingerprint density at radius 2 is 2.09 bits per heavy atom. The van der Waals surface area contributed by atoms with Crippen LogP contribution in [0.4, 0.5) is 5.69 Å². The number of hydrogen-bond acceptors (Lipinski definition) is 5. The van der Waals surface area contributed by atoms with E-state index in [1.54, 1.807) is 20.9 Å². The summed E-state index contributed by atoms with van der Waals surface area (Å²) in [6, 6.07) is 7.59. The van der Waals surface area contributed by atoms with Crippen LogP contribution in [0.2, 0.25) is 0 Å². The SMILES string of the molecule is CCOC(=O)C(CC)(C(C)=NC)C1Sc2ccccc2NC1=O. The quantitative estimate of drug-likeness (QED) is 0.663. The summed E-state index contributed by atoms with van der Waals surface area (Å²) < 4.78 is 5.30. The molecule has 0 spiro atoms. The summed E-state index contributed by atoms with van der Waals surface area (Å²) in [5, 5.41) is 2.30. The van der Waals surface area contributed by atoms with Crippen LogP contribution in [-0.4, -0.2) is 36.5 Å². The molecule has 2 atom stereocenters. The molecule has 2 unspecified atom stereocenters. The predicted molar refractivity (Wildman–Crippen MR) is 93.1 cm³/mol. The Morgan fingerprint density at radius 1 is 1.39 bits per heavy atom. The van der Waals surface area contributed by atoms with Crippen LogP contribution in [0.25, 0.3) is 0 Å². The summed E-state index contributed by atoms with van der Waals surface area (Å²) in [5.74, 6) is -0.579. The van der Waals surface area contributed by atoms with Crippen molar-refractivity contribution in [2.75, 3.05) is 19.0 Å². The van der Waals surface area contributed by atoms with E-state index in [9.17, 15) is 9.59 Å². The van der Waals surface area contributed by atoms with Gasteiger partial charge in [-0.3, -0.25) is 14.6 Å². The second-order valence-electron chi connectivity index (χ2n) is 5.34. The van der Waals surface area contributed by atoms with Gasteiger partial charge in [0.05, 0.1) is 12.3 Å². The third kappa shape index (κ3) is 3.00. The van der Waals surface area contributed by atoms with Crippen LogP contribution in [0, 0.1) is 5.41 Å². The van der Waals surface area contributed by atoms with Gasteiger partial charge in [-0.05, 0) is 32.4 Å². The lowest BCUT2D eigenvalue weighted by molar-refractivity contribution is -0.152. The number of aliphatic imine (C=N–C) groups is 1. The number of para-hydroxylation sites is 1. The van der Waals surface area contributed by atoms with Gasteiger partial charge in [0.15, 0.2) is 0 Å². The fourth-order valence-electron chi connectivity index (χ4n) is 2.87. The highest BCUT2D eigenvalue weighted by atomic mass is 32.2. The van der Waals surface area contributed by atoms with Crippen LogP contribution in [0.1, 0.15) is 27.2 Å². The zero-order valence-electron chi connectivity index (χ0n) is 13.9. The van der Waals surface area contributed by atoms with Gasteiger partial charge in [-0.2, -0.15) is 0 Å². The molecule has 1 aliphatic rings. The Kier molecular flexibility index (Phi) is 5.46. The van der Waals surface area contributed by atoms with Crippen LogP contribution in [0.15, 0.2) is 34.2 Å². The molecule has 0 fully saturated rings. The van der Waals surface area contributed by atoms with Gasteiger partial charge in [0.25, 0.3) is 0 Å². The predicted octanol–water partition coefficient (Wildman–Crippen LogP) is 3.15. The van der Waals surface area contributed by atoms with E-state index in [-0.39, 0.29) is 12.5 Å². The number of amides is 1. The molecule has 1 amide bonds. The van der Waals surface area contributed by atoms with E-state index in [2.05, 4.69) is 10.3 Å². The summed E-state index contributed by atoms with van der Waals surface area (Å²) in [7, 11) is 1.64. The number of carbonyl (C=O) groups is 2. The Labute approximate surface area is 140 Å². The van der Waals surface area contributed by atoms with Crippen LogP contribution in [0.3, 0.4) is 0 Å². The van der Waals surface area contributed by atoms with Crippen molar-refractivity contribution in [3.8, 4) is 0 Å². The number of nitrogens with zero attached hydrogens (tertiary/aromatic N) is 1. The van der Waals surface area contributed by atoms with Crippen molar-refractivity contribution in [2.24, 2.45) is 10.4 Å². The Hall–Kier alpha value is -1.82. The lowest BCUT2D eigenvalue weighted by Gasteiger charge is -2.38. The van der Waals surface area contributed by atoms with Crippen LogP contribution < -0.4 is 5.32 Å². The molecule has 0 saturated heterocycles. The molecule has 2 rings (SSSR count). The van der Waals surface area contributed by atoms with Gasteiger partial charge < -0.3 is 10.1 Å². The van der Waals surface area contributed by atoms with Gasteiger partial charge in [-0.1, -0.05) is 19.1 Å². The first-order valence-corrected chi connectivity index (χ1v) is 8.56. The molecular weight excluding hydrogens is 312 g/mol. The maximum atomic E-state index is 12.8. The van der Waals surface area contributed by atoms with Crippen molar-refractivity contribution in [2.45, 2.75) is 37.3 Å². The number of fused-ring (bicyclic) bond motifs is 1. The van der Waals surface area contributed by atoms with E-state index < -0.39 is 16.6 Å². The number of carbonyl (C=O) groups excluding carboxylic acids is 2. The Balaban J connectivity index is 2.51. The van der Waals surface area contributed by atoms with Gasteiger partial charge in [-0.25, -0.2) is 0 Å². The lowest BCUT2D eigenvalue weighted by Crippen LogP contribution is -2.53. The van der Waals surface area contributed by atoms with Crippen molar-refractivity contribution < 1.29 is 14.3 Å². The van der Waals surface area contributed by atoms with E-state index >= 15 is 0 Å². The van der Waals surface area contributed by atoms with Crippen molar-refractivity contribution in [1.29, 1.82) is 0 Å². The minimum Gasteiger partial charge on any atom is -0.465 e. The van der Waals surface area contributed by atoms with Gasteiger partial charge in [0, 0.05) is 17.7 Å². The standard InChI is InChI=1S/C17H22N2O3S/c1-5-17(11(3)18-4,16(21)22-6-2)14-15(20)19-12-9-7-8-10-13(12)23-14/h7-10,14H,5-6H2,1-4H3,(H,19,20). The smallest absolute Gasteiger partial charge is 0.319 e. The highest BCUT2D eigenvalue weighted by Crippen LogP contribution is 2.46. The largest absolute Gasteiger partial charge is 0.465 e. The number of anilines is 1. The molecule has 1 N–H and O–H groups in total. The van der Waals surface area contributed by atoms with E-state index in [1.165, 1.54) is 11.8 Å². The normalized spacial score (nSPS) is 20.3. The van der Waals surface area contributed by atoms with Crippen LogP contribution >= 0.6 is 11.8 Å². The molecular formula is C17H22N2O3S. The maximum absolute atomic E-state index is 12.8. The maximum Gasteiger partial charge on any atom is 0.319 e. The summed E-state index contributed by atoms with van der Waals surface area (Å²) in [5.41, 5.74) is 0.330. The number of rotatable bonds is 5. The first kappa shape index (κ1) is 17.5. The summed E-state index contributed by atoms with van der Waals surface area (Å²) in [6.07, 6.45) is 0.447. The van der Waals surface area contributed by atoms with Crippen molar-refractivity contribution in [3.05, 3.63) is 24.3 Å². The van der Waals surface area contributed by atoms with Gasteiger partial charge in [0.1, 0.15) is 10.7 Å². The average Bonchev–Trinajstić information content (AvgIpc) is 2.56. The molecule has 0 aromatic heterocycles. The summed E-state index contributed by atoms with van der Waals surface area (Å²) in [6.45, 7) is 5.71. The summed E-state index contributed by atoms with van der Waals surface area (Å²) >= 11 is 1.40. The van der Waals surface area contributed by atoms with Gasteiger partial charge in [0.2, 0.25) is 5.91 Å². The topological polar surface area (TPSA) is 67.8 Å². The molecule has 0 saturated carbocycles. The highest BCUT2D eigenvalue weighted by Gasteiger charge is 2.53. The van der Waals surface area contributed by atoms with Crippen LogP contribution in [0.5, 0.6) is 0 Å². The molecule has 5 nitrogen and oxygen atoms in total. The van der Waals surface area contributed by atoms with E-state index in [0.717, 1.165) is 10.6 Å². The van der Waals surface area contributed by atoms with Crippen molar-refractivity contribution in [3.63, 3.8) is 0 Å². The fraction of sp³-hybridized carbons (Fsp3) is 0.471. The number of benzene rings is 1. The minimum absolute atomic E-state index is 0.188. The molecule has 0 aliphatic carbocycles. The first-order valence-electron chi connectivity index (χ1n) is 7.68. The van der Waals surface area contributed by atoms with E-state index in [4.69, 9.17) is 4.74 Å². The third-order valence-electron chi connectivity index (χ3n) is 4.25. The molecule has 1 aliphatic heterocycles. The Bertz CT molecular complexity index is 644. The number of ether oxygens (including phenoxy) is 1. The fourth-order valence-corrected chi connectivity index (χ4v) is 4.32.